The molecular formula is C29H32N2O2. The summed E-state index contributed by atoms with van der Waals surface area (Å²) in [5, 5.41) is 16.9. The number of nitrogens with one attached hydrogen (secondary N) is 1. The van der Waals surface area contributed by atoms with Crippen molar-refractivity contribution in [3.05, 3.63) is 108 Å². The summed E-state index contributed by atoms with van der Waals surface area (Å²) in [6.45, 7) is 0.739. The summed E-state index contributed by atoms with van der Waals surface area (Å²) >= 11 is 0. The first-order chi connectivity index (χ1) is 15.7. The van der Waals surface area contributed by atoms with E-state index < -0.39 is 5.60 Å². The molecular weight excluding hydrogens is 408 g/mol. The number of piperidine rings is 1. The van der Waals surface area contributed by atoms with Gasteiger partial charge in [0.05, 0.1) is 18.2 Å². The molecule has 1 aromatic heterocycles. The lowest BCUT2D eigenvalue weighted by molar-refractivity contribution is -0.0196. The maximum atomic E-state index is 12.2. The lowest BCUT2D eigenvalue weighted by Crippen LogP contribution is -2.48. The van der Waals surface area contributed by atoms with Crippen molar-refractivity contribution < 1.29 is 9.84 Å². The van der Waals surface area contributed by atoms with Crippen LogP contribution in [0.15, 0.2) is 91.0 Å². The van der Waals surface area contributed by atoms with Crippen LogP contribution in [0.5, 0.6) is 5.88 Å². The molecule has 1 aliphatic heterocycles. The van der Waals surface area contributed by atoms with E-state index in [4.69, 9.17) is 9.72 Å². The fraction of sp³-hybridized carbons (Fsp3) is 0.276. The highest BCUT2D eigenvalue weighted by Gasteiger charge is 2.44. The molecule has 0 bridgehead atoms. The van der Waals surface area contributed by atoms with Gasteiger partial charge in [0.25, 0.3) is 0 Å². The lowest BCUT2D eigenvalue weighted by atomic mass is 9.70. The number of nitrogens with zero attached hydrogens (tertiary/aromatic N) is 1. The van der Waals surface area contributed by atoms with Crippen molar-refractivity contribution in [2.24, 2.45) is 0 Å². The summed E-state index contributed by atoms with van der Waals surface area (Å²) in [5.74, 6) is 0.310. The molecule has 0 saturated carbocycles. The molecule has 5 rings (SSSR count). The molecule has 3 unspecified atom stereocenters. The van der Waals surface area contributed by atoms with E-state index in [2.05, 4.69) is 53.8 Å². The fourth-order valence-corrected chi connectivity index (χ4v) is 5.08. The maximum Gasteiger partial charge on any atom is 0.217 e. The number of aliphatic hydroxyl groups is 1. The highest BCUT2D eigenvalue weighted by Crippen LogP contribution is 2.46. The normalized spacial score (nSPS) is 21.2. The first-order valence-corrected chi connectivity index (χ1v) is 11.2. The average Bonchev–Trinajstić information content (AvgIpc) is 2.85. The number of benzene rings is 3. The minimum atomic E-state index is -0.954. The molecule has 3 atom stereocenters. The van der Waals surface area contributed by atoms with Gasteiger partial charge in [-0.1, -0.05) is 86.3 Å². The Labute approximate surface area is 196 Å². The Morgan fingerprint density at radius 2 is 1.64 bits per heavy atom. The molecule has 0 aliphatic carbocycles. The third-order valence-corrected chi connectivity index (χ3v) is 6.60. The molecule has 3 aromatic carbocycles. The zero-order valence-electron chi connectivity index (χ0n) is 18.2. The molecule has 0 amide bonds. The molecule has 1 saturated heterocycles. The number of ether oxygens (including phenoxy) is 1. The van der Waals surface area contributed by atoms with Crippen molar-refractivity contribution >= 4 is 10.9 Å². The van der Waals surface area contributed by atoms with E-state index in [1.165, 1.54) is 5.56 Å². The van der Waals surface area contributed by atoms with Crippen LogP contribution in [0.4, 0.5) is 0 Å². The van der Waals surface area contributed by atoms with Crippen molar-refractivity contribution in [2.45, 2.75) is 37.8 Å². The van der Waals surface area contributed by atoms with Crippen LogP contribution in [0.1, 0.15) is 48.9 Å². The summed E-state index contributed by atoms with van der Waals surface area (Å²) < 4.78 is 5.77. The molecule has 1 aliphatic rings. The molecule has 2 heterocycles. The van der Waals surface area contributed by atoms with Crippen LogP contribution in [0, 0.1) is 0 Å². The minimum absolute atomic E-state index is 0. The van der Waals surface area contributed by atoms with Gasteiger partial charge in [-0.3, -0.25) is 0 Å². The van der Waals surface area contributed by atoms with Crippen molar-refractivity contribution in [3.8, 4) is 5.88 Å². The van der Waals surface area contributed by atoms with E-state index in [9.17, 15) is 5.11 Å². The summed E-state index contributed by atoms with van der Waals surface area (Å²) in [4.78, 5) is 4.79. The Morgan fingerprint density at radius 3 is 2.36 bits per heavy atom. The number of rotatable bonds is 5. The molecule has 0 spiro atoms. The molecule has 4 nitrogen and oxygen atoms in total. The largest absolute Gasteiger partial charge is 0.481 e. The molecule has 1 fully saturated rings. The smallest absolute Gasteiger partial charge is 0.217 e. The second-order valence-electron chi connectivity index (χ2n) is 8.60. The number of pyridine rings is 1. The van der Waals surface area contributed by atoms with Crippen LogP contribution in [0.3, 0.4) is 0 Å². The number of aromatic nitrogens is 1. The van der Waals surface area contributed by atoms with Crippen molar-refractivity contribution in [1.29, 1.82) is 0 Å². The topological polar surface area (TPSA) is 54.4 Å². The molecule has 4 heteroatoms. The van der Waals surface area contributed by atoms with E-state index in [1.54, 1.807) is 7.11 Å². The molecule has 4 aromatic rings. The number of para-hydroxylation sites is 1. The van der Waals surface area contributed by atoms with Gasteiger partial charge in [-0.05, 0) is 42.6 Å². The van der Waals surface area contributed by atoms with Gasteiger partial charge in [0.1, 0.15) is 0 Å². The zero-order valence-corrected chi connectivity index (χ0v) is 18.2. The molecule has 2 N–H and O–H groups in total. The highest BCUT2D eigenvalue weighted by molar-refractivity contribution is 5.80. The summed E-state index contributed by atoms with van der Waals surface area (Å²) in [6.07, 6.45) is 1.25. The zero-order chi connectivity index (χ0) is 22.0. The number of methoxy groups -OCH3 is 1. The summed E-state index contributed by atoms with van der Waals surface area (Å²) in [5.41, 5.74) is 3.12. The van der Waals surface area contributed by atoms with Crippen LogP contribution < -0.4 is 10.1 Å². The average molecular weight is 441 g/mol. The first kappa shape index (κ1) is 23.0. The van der Waals surface area contributed by atoms with Crippen LogP contribution in [0.25, 0.3) is 10.9 Å². The van der Waals surface area contributed by atoms with Crippen LogP contribution in [-0.2, 0) is 0 Å². The predicted molar refractivity (Wildman–Crippen MR) is 135 cm³/mol. The van der Waals surface area contributed by atoms with E-state index in [1.807, 2.05) is 42.5 Å². The van der Waals surface area contributed by atoms with Gasteiger partial charge in [-0.15, -0.1) is 0 Å². The van der Waals surface area contributed by atoms with Gasteiger partial charge in [-0.25, -0.2) is 4.98 Å². The molecule has 170 valence electrons. The van der Waals surface area contributed by atoms with E-state index in [0.29, 0.717) is 18.7 Å². The van der Waals surface area contributed by atoms with Crippen LogP contribution in [-0.4, -0.2) is 29.3 Å². The van der Waals surface area contributed by atoms with E-state index in [-0.39, 0.29) is 19.4 Å². The standard InChI is InChI=1S/C28H28N2O2.CH4/c1-32-27-23(18-22-14-8-9-15-24(22)30-27)26(21-12-6-3-7-13-21)28(31)16-17-29-25(19-28)20-10-4-2-5-11-20;/h2-15,18,25-26,29,31H,16-17,19H2,1H3;1H4. The van der Waals surface area contributed by atoms with E-state index >= 15 is 0 Å². The van der Waals surface area contributed by atoms with Gasteiger partial charge in [-0.2, -0.15) is 0 Å². The summed E-state index contributed by atoms with van der Waals surface area (Å²) in [7, 11) is 1.65. The Bertz CT molecular complexity index is 1200. The van der Waals surface area contributed by atoms with Gasteiger partial charge in [0.2, 0.25) is 5.88 Å². The quantitative estimate of drug-likeness (QED) is 0.408. The third-order valence-electron chi connectivity index (χ3n) is 6.60. The minimum Gasteiger partial charge on any atom is -0.481 e. The van der Waals surface area contributed by atoms with Gasteiger partial charge in [0.15, 0.2) is 0 Å². The Kier molecular flexibility index (Phi) is 6.77. The Morgan fingerprint density at radius 1 is 0.970 bits per heavy atom. The van der Waals surface area contributed by atoms with Gasteiger partial charge < -0.3 is 15.2 Å². The van der Waals surface area contributed by atoms with Gasteiger partial charge >= 0.3 is 0 Å². The predicted octanol–water partition coefficient (Wildman–Crippen LogP) is 5.87. The Balaban J connectivity index is 0.00000259. The SMILES string of the molecule is C.COc1nc2ccccc2cc1C(c1ccccc1)C1(O)CCNC(c2ccccc2)C1. The number of fused-ring (bicyclic) bond motifs is 1. The maximum absolute atomic E-state index is 12.2. The van der Waals surface area contributed by atoms with Crippen molar-refractivity contribution in [2.75, 3.05) is 13.7 Å². The van der Waals surface area contributed by atoms with Gasteiger partial charge in [0, 0.05) is 22.9 Å². The monoisotopic (exact) mass is 440 g/mol. The lowest BCUT2D eigenvalue weighted by Gasteiger charge is -2.43. The second-order valence-corrected chi connectivity index (χ2v) is 8.60. The number of hydrogen-bond donors (Lipinski definition) is 2. The molecule has 0 radical (unpaired) electrons. The molecule has 33 heavy (non-hydrogen) atoms. The van der Waals surface area contributed by atoms with E-state index in [0.717, 1.165) is 28.6 Å². The summed E-state index contributed by atoms with van der Waals surface area (Å²) in [6, 6.07) is 30.9. The Hall–Kier alpha value is -3.21. The van der Waals surface area contributed by atoms with Crippen molar-refractivity contribution in [3.63, 3.8) is 0 Å². The third kappa shape index (κ3) is 4.50. The van der Waals surface area contributed by atoms with Crippen LogP contribution in [0.2, 0.25) is 0 Å². The fourth-order valence-electron chi connectivity index (χ4n) is 5.08. The highest BCUT2D eigenvalue weighted by atomic mass is 16.5. The second kappa shape index (κ2) is 9.74. The first-order valence-electron chi connectivity index (χ1n) is 11.2. The van der Waals surface area contributed by atoms with Crippen LogP contribution >= 0.6 is 0 Å². The number of hydrogen-bond acceptors (Lipinski definition) is 4. The van der Waals surface area contributed by atoms with Crippen molar-refractivity contribution in [1.82, 2.24) is 10.3 Å².